The number of aromatic nitrogens is 4. The van der Waals surface area contributed by atoms with Crippen LogP contribution in [0.15, 0.2) is 10.8 Å². The number of nitrogens with one attached hydrogen (secondary N) is 1. The van der Waals surface area contributed by atoms with Crippen molar-refractivity contribution in [3.63, 3.8) is 0 Å². The SMILES string of the molecule is O=C(Nc1nnc2n1CCCC2)c1ocnc1C1CC1. The van der Waals surface area contributed by atoms with Crippen LogP contribution in [-0.2, 0) is 13.0 Å². The van der Waals surface area contributed by atoms with Gasteiger partial charge >= 0.3 is 0 Å². The monoisotopic (exact) mass is 273 g/mol. The predicted molar refractivity (Wildman–Crippen MR) is 69.4 cm³/mol. The molecule has 4 rings (SSSR count). The molecule has 1 N–H and O–H groups in total. The molecule has 104 valence electrons. The zero-order valence-electron chi connectivity index (χ0n) is 11.0. The van der Waals surface area contributed by atoms with Crippen molar-refractivity contribution in [2.45, 2.75) is 44.6 Å². The van der Waals surface area contributed by atoms with Crippen molar-refractivity contribution in [2.24, 2.45) is 0 Å². The second-order valence-corrected chi connectivity index (χ2v) is 5.34. The Morgan fingerprint density at radius 2 is 2.25 bits per heavy atom. The third kappa shape index (κ3) is 1.90. The van der Waals surface area contributed by atoms with Crippen LogP contribution >= 0.6 is 0 Å². The van der Waals surface area contributed by atoms with Gasteiger partial charge in [-0.3, -0.25) is 14.7 Å². The van der Waals surface area contributed by atoms with Gasteiger partial charge in [-0.25, -0.2) is 4.98 Å². The van der Waals surface area contributed by atoms with E-state index in [-0.39, 0.29) is 5.91 Å². The highest BCUT2D eigenvalue weighted by Crippen LogP contribution is 2.40. The van der Waals surface area contributed by atoms with Gasteiger partial charge in [0.2, 0.25) is 11.7 Å². The van der Waals surface area contributed by atoms with E-state index < -0.39 is 0 Å². The maximum atomic E-state index is 12.3. The molecule has 0 bridgehead atoms. The summed E-state index contributed by atoms with van der Waals surface area (Å²) in [6.45, 7) is 0.851. The van der Waals surface area contributed by atoms with Crippen molar-refractivity contribution in [3.8, 4) is 0 Å². The van der Waals surface area contributed by atoms with E-state index in [2.05, 4.69) is 20.5 Å². The van der Waals surface area contributed by atoms with Crippen molar-refractivity contribution >= 4 is 11.9 Å². The van der Waals surface area contributed by atoms with Crippen LogP contribution in [0.3, 0.4) is 0 Å². The van der Waals surface area contributed by atoms with E-state index in [4.69, 9.17) is 4.42 Å². The molecule has 2 aliphatic rings. The maximum Gasteiger partial charge on any atom is 0.295 e. The fraction of sp³-hybridized carbons (Fsp3) is 0.538. The number of rotatable bonds is 3. The lowest BCUT2D eigenvalue weighted by atomic mass is 10.2. The molecule has 0 spiro atoms. The summed E-state index contributed by atoms with van der Waals surface area (Å²) in [5, 5.41) is 11.0. The third-order valence-corrected chi connectivity index (χ3v) is 3.85. The van der Waals surface area contributed by atoms with Crippen LogP contribution in [0.25, 0.3) is 0 Å². The van der Waals surface area contributed by atoms with Crippen LogP contribution in [0.4, 0.5) is 5.95 Å². The number of carbonyl (C=O) groups excluding carboxylic acids is 1. The lowest BCUT2D eigenvalue weighted by Crippen LogP contribution is -2.19. The topological polar surface area (TPSA) is 85.8 Å². The normalized spacial score (nSPS) is 17.8. The Labute approximate surface area is 115 Å². The van der Waals surface area contributed by atoms with Crippen molar-refractivity contribution in [1.82, 2.24) is 19.7 Å². The smallest absolute Gasteiger partial charge is 0.295 e. The van der Waals surface area contributed by atoms with Gasteiger partial charge in [0.05, 0.1) is 5.69 Å². The Balaban J connectivity index is 1.57. The molecule has 1 aliphatic heterocycles. The Kier molecular flexibility index (Phi) is 2.58. The number of amides is 1. The molecule has 2 aromatic heterocycles. The zero-order valence-corrected chi connectivity index (χ0v) is 11.0. The molecule has 7 heteroatoms. The standard InChI is InChI=1S/C13H15N5O2/c19-12(11-10(8-4-5-8)14-7-20-11)15-13-17-16-9-3-1-2-6-18(9)13/h7-8H,1-6H2,(H,15,17,19). The van der Waals surface area contributed by atoms with Crippen LogP contribution in [0.5, 0.6) is 0 Å². The fourth-order valence-corrected chi connectivity index (χ4v) is 2.63. The third-order valence-electron chi connectivity index (χ3n) is 3.85. The van der Waals surface area contributed by atoms with E-state index in [1.165, 1.54) is 6.39 Å². The molecule has 0 aromatic carbocycles. The molecule has 0 radical (unpaired) electrons. The molecule has 20 heavy (non-hydrogen) atoms. The van der Waals surface area contributed by atoms with E-state index in [9.17, 15) is 4.79 Å². The number of hydrogen-bond donors (Lipinski definition) is 1. The van der Waals surface area contributed by atoms with E-state index >= 15 is 0 Å². The summed E-state index contributed by atoms with van der Waals surface area (Å²) in [7, 11) is 0. The average molecular weight is 273 g/mol. The number of fused-ring (bicyclic) bond motifs is 1. The highest BCUT2D eigenvalue weighted by atomic mass is 16.3. The molecule has 0 unspecified atom stereocenters. The van der Waals surface area contributed by atoms with Crippen LogP contribution in [0, 0.1) is 0 Å². The molecule has 1 saturated carbocycles. The van der Waals surface area contributed by atoms with E-state index in [1.807, 2.05) is 4.57 Å². The lowest BCUT2D eigenvalue weighted by molar-refractivity contribution is 0.0994. The Morgan fingerprint density at radius 3 is 3.10 bits per heavy atom. The van der Waals surface area contributed by atoms with Crippen molar-refractivity contribution in [2.75, 3.05) is 5.32 Å². The molecule has 7 nitrogen and oxygen atoms in total. The number of carbonyl (C=O) groups is 1. The van der Waals surface area contributed by atoms with E-state index in [0.717, 1.165) is 50.2 Å². The van der Waals surface area contributed by atoms with Gasteiger partial charge in [0.25, 0.3) is 5.91 Å². The van der Waals surface area contributed by atoms with Gasteiger partial charge in [0, 0.05) is 18.9 Å². The molecule has 1 amide bonds. The molecule has 1 fully saturated rings. The van der Waals surface area contributed by atoms with E-state index in [0.29, 0.717) is 17.6 Å². The summed E-state index contributed by atoms with van der Waals surface area (Å²) in [4.78, 5) is 16.4. The average Bonchev–Trinajstić information content (AvgIpc) is 3.06. The molecule has 3 heterocycles. The Hall–Kier alpha value is -2.18. The molecular formula is C13H15N5O2. The quantitative estimate of drug-likeness (QED) is 0.920. The molecule has 0 atom stereocenters. The summed E-state index contributed by atoms with van der Waals surface area (Å²) in [5.74, 6) is 1.84. The first-order chi connectivity index (χ1) is 9.83. The molecular weight excluding hydrogens is 258 g/mol. The second-order valence-electron chi connectivity index (χ2n) is 5.34. The molecule has 2 aromatic rings. The van der Waals surface area contributed by atoms with Crippen LogP contribution in [0.2, 0.25) is 0 Å². The second kappa shape index (κ2) is 4.43. The number of oxazole rings is 1. The van der Waals surface area contributed by atoms with Gasteiger partial charge in [-0.1, -0.05) is 0 Å². The first-order valence-electron chi connectivity index (χ1n) is 7.00. The largest absolute Gasteiger partial charge is 0.438 e. The Morgan fingerprint density at radius 1 is 1.35 bits per heavy atom. The zero-order chi connectivity index (χ0) is 13.5. The number of anilines is 1. The first-order valence-corrected chi connectivity index (χ1v) is 7.00. The minimum atomic E-state index is -0.287. The van der Waals surface area contributed by atoms with Gasteiger partial charge < -0.3 is 4.42 Å². The van der Waals surface area contributed by atoms with Crippen molar-refractivity contribution in [1.29, 1.82) is 0 Å². The summed E-state index contributed by atoms with van der Waals surface area (Å²) in [6.07, 6.45) is 6.62. The minimum Gasteiger partial charge on any atom is -0.438 e. The highest BCUT2D eigenvalue weighted by molar-refractivity contribution is 6.02. The summed E-state index contributed by atoms with van der Waals surface area (Å²) >= 11 is 0. The van der Waals surface area contributed by atoms with Gasteiger partial charge in [-0.05, 0) is 25.7 Å². The summed E-state index contributed by atoms with van der Waals surface area (Å²) in [6, 6.07) is 0. The van der Waals surface area contributed by atoms with Crippen molar-refractivity contribution in [3.05, 3.63) is 23.7 Å². The van der Waals surface area contributed by atoms with Gasteiger partial charge in [0.1, 0.15) is 5.82 Å². The number of hydrogen-bond acceptors (Lipinski definition) is 5. The van der Waals surface area contributed by atoms with Gasteiger partial charge in [-0.2, -0.15) is 0 Å². The minimum absolute atomic E-state index is 0.287. The van der Waals surface area contributed by atoms with E-state index in [1.54, 1.807) is 0 Å². The lowest BCUT2D eigenvalue weighted by Gasteiger charge is -2.14. The van der Waals surface area contributed by atoms with Gasteiger partial charge in [0.15, 0.2) is 6.39 Å². The van der Waals surface area contributed by atoms with Crippen LogP contribution in [0.1, 0.15) is 53.7 Å². The maximum absolute atomic E-state index is 12.3. The summed E-state index contributed by atoms with van der Waals surface area (Å²) < 4.78 is 7.21. The first kappa shape index (κ1) is 11.6. The number of aryl methyl sites for hydroxylation is 1. The highest BCUT2D eigenvalue weighted by Gasteiger charge is 2.32. The fourth-order valence-electron chi connectivity index (χ4n) is 2.63. The van der Waals surface area contributed by atoms with Gasteiger partial charge in [-0.15, -0.1) is 10.2 Å². The summed E-state index contributed by atoms with van der Waals surface area (Å²) in [5.41, 5.74) is 0.765. The van der Waals surface area contributed by atoms with Crippen molar-refractivity contribution < 1.29 is 9.21 Å². The number of nitrogens with zero attached hydrogens (tertiary/aromatic N) is 4. The Bertz CT molecular complexity index is 656. The predicted octanol–water partition coefficient (Wildman–Crippen LogP) is 1.73. The molecule has 0 saturated heterocycles. The van der Waals surface area contributed by atoms with Crippen LogP contribution in [-0.4, -0.2) is 25.7 Å². The van der Waals surface area contributed by atoms with Crippen LogP contribution < -0.4 is 5.32 Å². The molecule has 1 aliphatic carbocycles.